The SMILES string of the molecule is Cn1ccc(C(=O)NC2CCN(c3ccc(C#N)cn3)CC2)n1. The number of piperidine rings is 1. The number of rotatable bonds is 3. The minimum absolute atomic E-state index is 0.124. The van der Waals surface area contributed by atoms with Crippen molar-refractivity contribution in [1.29, 1.82) is 5.26 Å². The quantitative estimate of drug-likeness (QED) is 0.917. The number of carbonyl (C=O) groups is 1. The van der Waals surface area contributed by atoms with Crippen molar-refractivity contribution in [2.45, 2.75) is 18.9 Å². The number of nitrogens with zero attached hydrogens (tertiary/aromatic N) is 5. The van der Waals surface area contributed by atoms with Crippen LogP contribution in [0.5, 0.6) is 0 Å². The lowest BCUT2D eigenvalue weighted by molar-refractivity contribution is 0.0925. The maximum atomic E-state index is 12.1. The van der Waals surface area contributed by atoms with E-state index in [9.17, 15) is 4.79 Å². The van der Waals surface area contributed by atoms with Gasteiger partial charge in [-0.05, 0) is 31.0 Å². The van der Waals surface area contributed by atoms with Gasteiger partial charge in [0.25, 0.3) is 5.91 Å². The van der Waals surface area contributed by atoms with Crippen molar-refractivity contribution in [2.24, 2.45) is 7.05 Å². The van der Waals surface area contributed by atoms with E-state index >= 15 is 0 Å². The molecule has 0 saturated carbocycles. The predicted octanol–water partition coefficient (Wildman–Crippen LogP) is 1.09. The molecule has 1 aliphatic heterocycles. The molecule has 3 heterocycles. The Balaban J connectivity index is 1.53. The van der Waals surface area contributed by atoms with Crippen LogP contribution in [0.4, 0.5) is 5.82 Å². The highest BCUT2D eigenvalue weighted by Crippen LogP contribution is 2.18. The summed E-state index contributed by atoms with van der Waals surface area (Å²) in [7, 11) is 1.79. The number of aryl methyl sites for hydroxylation is 1. The number of hydrogen-bond donors (Lipinski definition) is 1. The Morgan fingerprint density at radius 2 is 2.13 bits per heavy atom. The molecule has 7 heteroatoms. The van der Waals surface area contributed by atoms with Crippen LogP contribution >= 0.6 is 0 Å². The summed E-state index contributed by atoms with van der Waals surface area (Å²) >= 11 is 0. The molecule has 3 rings (SSSR count). The van der Waals surface area contributed by atoms with Crippen LogP contribution in [0.15, 0.2) is 30.6 Å². The Kier molecular flexibility index (Phi) is 4.24. The third kappa shape index (κ3) is 3.48. The molecule has 7 nitrogen and oxygen atoms in total. The molecular formula is C16H18N6O. The van der Waals surface area contributed by atoms with Crippen molar-refractivity contribution < 1.29 is 4.79 Å². The first-order valence-electron chi connectivity index (χ1n) is 7.57. The fraction of sp³-hybridized carbons (Fsp3) is 0.375. The maximum Gasteiger partial charge on any atom is 0.271 e. The van der Waals surface area contributed by atoms with Gasteiger partial charge in [0.15, 0.2) is 0 Å². The lowest BCUT2D eigenvalue weighted by atomic mass is 10.0. The second-order valence-electron chi connectivity index (χ2n) is 5.63. The Hall–Kier alpha value is -2.88. The van der Waals surface area contributed by atoms with Gasteiger partial charge in [0.05, 0.1) is 5.56 Å². The van der Waals surface area contributed by atoms with Gasteiger partial charge < -0.3 is 10.2 Å². The normalized spacial score (nSPS) is 15.2. The topological polar surface area (TPSA) is 86.8 Å². The van der Waals surface area contributed by atoms with E-state index in [1.165, 1.54) is 0 Å². The fourth-order valence-corrected chi connectivity index (χ4v) is 2.69. The van der Waals surface area contributed by atoms with E-state index in [-0.39, 0.29) is 11.9 Å². The molecule has 0 radical (unpaired) electrons. The van der Waals surface area contributed by atoms with E-state index < -0.39 is 0 Å². The van der Waals surface area contributed by atoms with E-state index in [0.29, 0.717) is 11.3 Å². The number of hydrogen-bond acceptors (Lipinski definition) is 5. The van der Waals surface area contributed by atoms with Crippen LogP contribution < -0.4 is 10.2 Å². The van der Waals surface area contributed by atoms with E-state index in [1.54, 1.807) is 36.3 Å². The summed E-state index contributed by atoms with van der Waals surface area (Å²) in [4.78, 5) is 18.6. The standard InChI is InChI=1S/C16H18N6O/c1-21-7-6-14(20-21)16(23)19-13-4-8-22(9-5-13)15-3-2-12(10-17)11-18-15/h2-3,6-7,11,13H,4-5,8-9H2,1H3,(H,19,23). The van der Waals surface area contributed by atoms with Gasteiger partial charge in [0.1, 0.15) is 17.6 Å². The molecule has 0 aliphatic carbocycles. The first-order valence-corrected chi connectivity index (χ1v) is 7.57. The summed E-state index contributed by atoms with van der Waals surface area (Å²) in [5.41, 5.74) is 1.01. The second kappa shape index (κ2) is 6.48. The van der Waals surface area contributed by atoms with E-state index in [2.05, 4.69) is 26.4 Å². The highest BCUT2D eigenvalue weighted by molar-refractivity contribution is 5.92. The van der Waals surface area contributed by atoms with Crippen LogP contribution in [0.2, 0.25) is 0 Å². The monoisotopic (exact) mass is 310 g/mol. The highest BCUT2D eigenvalue weighted by atomic mass is 16.2. The molecule has 0 spiro atoms. The number of pyridine rings is 1. The first-order chi connectivity index (χ1) is 11.2. The largest absolute Gasteiger partial charge is 0.356 e. The summed E-state index contributed by atoms with van der Waals surface area (Å²) < 4.78 is 1.62. The Morgan fingerprint density at radius 1 is 1.35 bits per heavy atom. The van der Waals surface area contributed by atoms with Crippen molar-refractivity contribution in [3.05, 3.63) is 41.9 Å². The van der Waals surface area contributed by atoms with Crippen molar-refractivity contribution >= 4 is 11.7 Å². The molecule has 118 valence electrons. The molecule has 0 atom stereocenters. The van der Waals surface area contributed by atoms with Gasteiger partial charge in [-0.25, -0.2) is 4.98 Å². The van der Waals surface area contributed by atoms with Gasteiger partial charge in [-0.15, -0.1) is 0 Å². The summed E-state index contributed by atoms with van der Waals surface area (Å²) in [6, 6.07) is 7.57. The first kappa shape index (κ1) is 15.0. The number of aromatic nitrogens is 3. The molecule has 1 aliphatic rings. The van der Waals surface area contributed by atoms with Crippen molar-refractivity contribution in [3.63, 3.8) is 0 Å². The molecule has 1 amide bonds. The van der Waals surface area contributed by atoms with Gasteiger partial charge in [-0.1, -0.05) is 0 Å². The predicted molar refractivity (Wildman–Crippen MR) is 84.9 cm³/mol. The van der Waals surface area contributed by atoms with E-state index in [1.807, 2.05) is 6.07 Å². The summed E-state index contributed by atoms with van der Waals surface area (Å²) in [6.07, 6.45) is 5.07. The van der Waals surface area contributed by atoms with Gasteiger partial charge in [-0.2, -0.15) is 10.4 Å². The van der Waals surface area contributed by atoms with Crippen LogP contribution in [-0.4, -0.2) is 39.8 Å². The lowest BCUT2D eigenvalue weighted by Gasteiger charge is -2.33. The van der Waals surface area contributed by atoms with Crippen LogP contribution in [0.1, 0.15) is 28.9 Å². The second-order valence-corrected chi connectivity index (χ2v) is 5.63. The molecular weight excluding hydrogens is 292 g/mol. The van der Waals surface area contributed by atoms with E-state index in [4.69, 9.17) is 5.26 Å². The third-order valence-corrected chi connectivity index (χ3v) is 3.98. The molecule has 2 aromatic rings. The Morgan fingerprint density at radius 3 is 2.70 bits per heavy atom. The van der Waals surface area contributed by atoms with Crippen LogP contribution in [0.3, 0.4) is 0 Å². The molecule has 1 fully saturated rings. The zero-order valence-corrected chi connectivity index (χ0v) is 12.9. The Labute approximate surface area is 134 Å². The molecule has 1 N–H and O–H groups in total. The van der Waals surface area contributed by atoms with Crippen LogP contribution in [-0.2, 0) is 7.05 Å². The van der Waals surface area contributed by atoms with Crippen molar-refractivity contribution in [1.82, 2.24) is 20.1 Å². The van der Waals surface area contributed by atoms with Crippen molar-refractivity contribution in [2.75, 3.05) is 18.0 Å². The number of carbonyl (C=O) groups excluding carboxylic acids is 1. The maximum absolute atomic E-state index is 12.1. The minimum Gasteiger partial charge on any atom is -0.356 e. The zero-order chi connectivity index (χ0) is 16.2. The minimum atomic E-state index is -0.124. The molecule has 2 aromatic heterocycles. The van der Waals surface area contributed by atoms with Gasteiger partial charge in [-0.3, -0.25) is 9.48 Å². The van der Waals surface area contributed by atoms with Crippen molar-refractivity contribution in [3.8, 4) is 6.07 Å². The van der Waals surface area contributed by atoms with Gasteiger partial charge >= 0.3 is 0 Å². The zero-order valence-electron chi connectivity index (χ0n) is 12.9. The number of anilines is 1. The highest BCUT2D eigenvalue weighted by Gasteiger charge is 2.22. The number of amides is 1. The van der Waals surface area contributed by atoms with Gasteiger partial charge in [0.2, 0.25) is 0 Å². The summed E-state index contributed by atoms with van der Waals surface area (Å²) in [5, 5.41) is 15.9. The van der Waals surface area contributed by atoms with Crippen LogP contribution in [0, 0.1) is 11.3 Å². The molecule has 0 bridgehead atoms. The summed E-state index contributed by atoms with van der Waals surface area (Å²) in [5.74, 6) is 0.749. The Bertz CT molecular complexity index is 722. The average Bonchev–Trinajstić information content (AvgIpc) is 3.02. The molecule has 1 saturated heterocycles. The lowest BCUT2D eigenvalue weighted by Crippen LogP contribution is -2.45. The average molecular weight is 310 g/mol. The molecule has 0 aromatic carbocycles. The van der Waals surface area contributed by atoms with Gasteiger partial charge in [0, 0.05) is 38.6 Å². The smallest absolute Gasteiger partial charge is 0.271 e. The van der Waals surface area contributed by atoms with E-state index in [0.717, 1.165) is 31.7 Å². The van der Waals surface area contributed by atoms with Crippen LogP contribution in [0.25, 0.3) is 0 Å². The fourth-order valence-electron chi connectivity index (χ4n) is 2.69. The third-order valence-electron chi connectivity index (χ3n) is 3.98. The molecule has 23 heavy (non-hydrogen) atoms. The number of nitrogens with one attached hydrogen (secondary N) is 1. The number of nitriles is 1. The molecule has 0 unspecified atom stereocenters. The summed E-state index contributed by atoms with van der Waals surface area (Å²) in [6.45, 7) is 1.65.